The van der Waals surface area contributed by atoms with Crippen LogP contribution in [-0.4, -0.2) is 62.4 Å². The van der Waals surface area contributed by atoms with Crippen LogP contribution in [0.5, 0.6) is 5.75 Å². The molecule has 4 heterocycles. The molecule has 16 heteroatoms. The van der Waals surface area contributed by atoms with E-state index in [-0.39, 0.29) is 50.9 Å². The van der Waals surface area contributed by atoms with Crippen molar-refractivity contribution in [3.8, 4) is 5.75 Å². The van der Waals surface area contributed by atoms with Crippen molar-refractivity contribution in [1.82, 2.24) is 14.8 Å². The normalized spacial score (nSPS) is 21.5. The topological polar surface area (TPSA) is 100 Å². The molecule has 48 heavy (non-hydrogen) atoms. The Kier molecular flexibility index (Phi) is 9.77. The molecule has 1 fully saturated rings. The van der Waals surface area contributed by atoms with Gasteiger partial charge in [-0.2, -0.15) is 26.3 Å². The number of ether oxygens (including phenoxy) is 1. The summed E-state index contributed by atoms with van der Waals surface area (Å²) in [7, 11) is 0. The number of hydrogen-bond donors (Lipinski definition) is 1. The van der Waals surface area contributed by atoms with E-state index < -0.39 is 76.2 Å². The number of piperidine rings is 1. The molecule has 2 aliphatic heterocycles. The van der Waals surface area contributed by atoms with Crippen molar-refractivity contribution in [3.63, 3.8) is 0 Å². The molecule has 0 bridgehead atoms. The fourth-order valence-corrected chi connectivity index (χ4v) is 7.31. The van der Waals surface area contributed by atoms with Crippen LogP contribution in [0.4, 0.5) is 30.7 Å². The highest BCUT2D eigenvalue weighted by Crippen LogP contribution is 2.44. The van der Waals surface area contributed by atoms with Crippen LogP contribution in [0.1, 0.15) is 77.1 Å². The number of aliphatic carboxylic acids is 1. The lowest BCUT2D eigenvalue weighted by molar-refractivity contribution is -0.163. The third-order valence-corrected chi connectivity index (χ3v) is 9.56. The first kappa shape index (κ1) is 35.1. The van der Waals surface area contributed by atoms with Gasteiger partial charge in [0.25, 0.3) is 11.8 Å². The lowest BCUT2D eigenvalue weighted by Crippen LogP contribution is -2.68. The molecule has 1 aromatic carbocycles. The van der Waals surface area contributed by atoms with Crippen LogP contribution in [0.25, 0.3) is 0 Å². The highest BCUT2D eigenvalue weighted by Gasteiger charge is 2.57. The first-order chi connectivity index (χ1) is 22.6. The van der Waals surface area contributed by atoms with E-state index in [1.54, 1.807) is 6.92 Å². The molecule has 5 rings (SSSR count). The Balaban J connectivity index is 1.65. The van der Waals surface area contributed by atoms with Gasteiger partial charge in [-0.1, -0.05) is 19.4 Å². The van der Waals surface area contributed by atoms with Crippen molar-refractivity contribution >= 4 is 29.1 Å². The second-order valence-corrected chi connectivity index (χ2v) is 12.6. The number of carboxylic acid groups (broad SMARTS) is 1. The Hall–Kier alpha value is -4.21. The smallest absolute Gasteiger partial charge is 0.425 e. The van der Waals surface area contributed by atoms with E-state index in [1.807, 2.05) is 0 Å². The lowest BCUT2D eigenvalue weighted by atomic mass is 9.78. The van der Waals surface area contributed by atoms with E-state index in [0.29, 0.717) is 34.6 Å². The highest BCUT2D eigenvalue weighted by atomic mass is 32.1. The number of benzene rings is 1. The summed E-state index contributed by atoms with van der Waals surface area (Å²) < 4.78 is 103. The first-order valence-electron chi connectivity index (χ1n) is 15.1. The molecule has 1 N–H and O–H groups in total. The van der Waals surface area contributed by atoms with Crippen molar-refractivity contribution in [2.75, 3.05) is 13.1 Å². The van der Waals surface area contributed by atoms with Gasteiger partial charge < -0.3 is 19.6 Å². The molecule has 8 nitrogen and oxygen atoms in total. The SMILES string of the molecule is CCC[C@H]1N(C(=O)c2ncccc2C(F)(F)F)CCC[C@]1(Oc1csc(C(F)(F)F)c1)C(=O)N1CCc2cc(F)ccc2C1CC(=O)O. The molecule has 3 atom stereocenters. The molecule has 0 spiro atoms. The average molecular weight is 702 g/mol. The Morgan fingerprint density at radius 3 is 2.46 bits per heavy atom. The molecular formula is C32H30F7N3O5S. The molecule has 2 aromatic heterocycles. The van der Waals surface area contributed by atoms with Crippen LogP contribution < -0.4 is 4.74 Å². The van der Waals surface area contributed by atoms with E-state index in [2.05, 4.69) is 4.98 Å². The molecule has 2 amide bonds. The van der Waals surface area contributed by atoms with Crippen LogP contribution in [0, 0.1) is 5.82 Å². The first-order valence-corrected chi connectivity index (χ1v) is 15.9. The van der Waals surface area contributed by atoms with Crippen molar-refractivity contribution in [2.45, 2.75) is 75.5 Å². The molecule has 0 aliphatic carbocycles. The minimum atomic E-state index is -4.95. The molecule has 3 aromatic rings. The summed E-state index contributed by atoms with van der Waals surface area (Å²) in [5.41, 5.74) is -3.55. The zero-order chi connectivity index (χ0) is 35.0. The van der Waals surface area contributed by atoms with Crippen molar-refractivity contribution < 1.29 is 55.0 Å². The van der Waals surface area contributed by atoms with Gasteiger partial charge in [0.05, 0.1) is 24.1 Å². The van der Waals surface area contributed by atoms with Crippen LogP contribution in [0.3, 0.4) is 0 Å². The van der Waals surface area contributed by atoms with Crippen molar-refractivity contribution in [1.29, 1.82) is 0 Å². The number of carbonyl (C=O) groups excluding carboxylic acids is 2. The molecule has 2 aliphatic rings. The minimum Gasteiger partial charge on any atom is -0.481 e. The maximum atomic E-state index is 14.9. The number of carboxylic acids is 1. The second kappa shape index (κ2) is 13.4. The summed E-state index contributed by atoms with van der Waals surface area (Å²) in [5.74, 6) is -4.21. The van der Waals surface area contributed by atoms with Crippen molar-refractivity contribution in [3.05, 3.63) is 81.1 Å². The Labute approximate surface area is 274 Å². The largest absolute Gasteiger partial charge is 0.481 e. The van der Waals surface area contributed by atoms with Crippen molar-refractivity contribution in [2.24, 2.45) is 0 Å². The van der Waals surface area contributed by atoms with E-state index in [0.717, 1.165) is 28.6 Å². The molecular weight excluding hydrogens is 671 g/mol. The quantitative estimate of drug-likeness (QED) is 0.251. The summed E-state index contributed by atoms with van der Waals surface area (Å²) in [6.45, 7) is 1.45. The minimum absolute atomic E-state index is 0.00137. The number of hydrogen-bond acceptors (Lipinski definition) is 6. The molecule has 258 valence electrons. The summed E-state index contributed by atoms with van der Waals surface area (Å²) >= 11 is 0.312. The van der Waals surface area contributed by atoms with Gasteiger partial charge in [0.1, 0.15) is 22.1 Å². The maximum absolute atomic E-state index is 14.9. The van der Waals surface area contributed by atoms with E-state index in [9.17, 15) is 50.2 Å². The Morgan fingerprint density at radius 2 is 1.81 bits per heavy atom. The van der Waals surface area contributed by atoms with Crippen LogP contribution in [0.2, 0.25) is 0 Å². The lowest BCUT2D eigenvalue weighted by Gasteiger charge is -2.51. The Morgan fingerprint density at radius 1 is 1.06 bits per heavy atom. The average Bonchev–Trinajstić information content (AvgIpc) is 3.50. The molecule has 1 unspecified atom stereocenters. The van der Waals surface area contributed by atoms with Gasteiger partial charge in [0, 0.05) is 37.2 Å². The van der Waals surface area contributed by atoms with Gasteiger partial charge in [-0.3, -0.25) is 19.4 Å². The van der Waals surface area contributed by atoms with Gasteiger partial charge in [0.15, 0.2) is 0 Å². The molecule has 1 saturated heterocycles. The second-order valence-electron chi connectivity index (χ2n) is 11.6. The maximum Gasteiger partial charge on any atom is 0.425 e. The monoisotopic (exact) mass is 701 g/mol. The van der Waals surface area contributed by atoms with Gasteiger partial charge in [-0.05, 0) is 54.7 Å². The standard InChI is InChI=1S/C32H30F7N3O5S/c1-2-5-24-30(47-20-15-25(48-17-20)32(37,38)39,10-4-12-42(24)28(45)27-22(31(34,35)36)6-3-11-40-27)29(46)41-13-9-18-14-19(33)7-8-21(18)23(41)16-26(43)44/h3,6-8,11,14-15,17,23-24H,2,4-5,9-10,12-13,16H2,1H3,(H,43,44)/t23?,24-,30-/m1/s1. The predicted octanol–water partition coefficient (Wildman–Crippen LogP) is 7.14. The number of carbonyl (C=O) groups is 3. The summed E-state index contributed by atoms with van der Waals surface area (Å²) in [5, 5.41) is 10.8. The van der Waals surface area contributed by atoms with Gasteiger partial charge in [-0.15, -0.1) is 11.3 Å². The number of thiophene rings is 1. The summed E-state index contributed by atoms with van der Waals surface area (Å²) in [6, 6.07) is 3.68. The highest BCUT2D eigenvalue weighted by molar-refractivity contribution is 7.10. The third kappa shape index (κ3) is 6.84. The number of nitrogens with zero attached hydrogens (tertiary/aromatic N) is 3. The van der Waals surface area contributed by atoms with Gasteiger partial charge >= 0.3 is 18.3 Å². The number of alkyl halides is 6. The number of likely N-dealkylation sites (tertiary alicyclic amines) is 1. The van der Waals surface area contributed by atoms with Crippen LogP contribution in [0.15, 0.2) is 48.0 Å². The fraction of sp³-hybridized carbons (Fsp3) is 0.438. The summed E-state index contributed by atoms with van der Waals surface area (Å²) in [4.78, 5) is 45.9. The number of amides is 2. The van der Waals surface area contributed by atoms with Crippen LogP contribution >= 0.6 is 11.3 Å². The number of pyridine rings is 1. The van der Waals surface area contributed by atoms with E-state index in [4.69, 9.17) is 4.74 Å². The summed E-state index contributed by atoms with van der Waals surface area (Å²) in [6.07, 6.45) is -9.07. The number of aromatic nitrogens is 1. The van der Waals surface area contributed by atoms with E-state index in [1.165, 1.54) is 17.0 Å². The van der Waals surface area contributed by atoms with Gasteiger partial charge in [-0.25, -0.2) is 4.39 Å². The zero-order valence-corrected chi connectivity index (χ0v) is 26.2. The number of halogens is 7. The third-order valence-electron chi connectivity index (χ3n) is 8.61. The fourth-order valence-electron chi connectivity index (χ4n) is 6.63. The van der Waals surface area contributed by atoms with Gasteiger partial charge in [0.2, 0.25) is 5.60 Å². The molecule has 0 radical (unpaired) electrons. The van der Waals surface area contributed by atoms with Crippen LogP contribution in [-0.2, 0) is 28.4 Å². The predicted molar refractivity (Wildman–Crippen MR) is 158 cm³/mol. The zero-order valence-electron chi connectivity index (χ0n) is 25.4. The number of rotatable bonds is 8. The number of fused-ring (bicyclic) bond motifs is 1. The Bertz CT molecular complexity index is 1690. The van der Waals surface area contributed by atoms with E-state index >= 15 is 0 Å². The molecule has 0 saturated carbocycles.